The Kier molecular flexibility index (Phi) is 4.51. The third kappa shape index (κ3) is 3.23. The third-order valence-electron chi connectivity index (χ3n) is 3.17. The van der Waals surface area contributed by atoms with Crippen molar-refractivity contribution in [2.75, 3.05) is 14.2 Å². The first kappa shape index (κ1) is 14.7. The normalized spacial score (nSPS) is 18.7. The minimum absolute atomic E-state index is 0.162. The summed E-state index contributed by atoms with van der Waals surface area (Å²) in [6.45, 7) is 0.503. The van der Waals surface area contributed by atoms with Crippen LogP contribution in [0.3, 0.4) is 0 Å². The molecule has 108 valence electrons. The fourth-order valence-electron chi connectivity index (χ4n) is 1.97. The Hall–Kier alpha value is -1.73. The number of hydrogen-bond acceptors (Lipinski definition) is 6. The van der Waals surface area contributed by atoms with Gasteiger partial charge in [-0.25, -0.2) is 0 Å². The molecule has 1 N–H and O–H groups in total. The van der Waals surface area contributed by atoms with Gasteiger partial charge >= 0.3 is 5.97 Å². The molecule has 2 rings (SSSR count). The molecule has 20 heavy (non-hydrogen) atoms. The van der Waals surface area contributed by atoms with E-state index in [1.807, 2.05) is 12.1 Å². The second-order valence-electron chi connectivity index (χ2n) is 4.55. The summed E-state index contributed by atoms with van der Waals surface area (Å²) in [6.07, 6.45) is 0.459. The molecular weight excluding hydrogens is 280 g/mol. The highest BCUT2D eigenvalue weighted by Crippen LogP contribution is 2.18. The number of carbonyl (C=O) groups excluding carboxylic acids is 3. The zero-order chi connectivity index (χ0) is 14.7. The first-order valence-corrected chi connectivity index (χ1v) is 7.01. The topological polar surface area (TPSA) is 75.7 Å². The molecule has 1 unspecified atom stereocenters. The lowest BCUT2D eigenvalue weighted by atomic mass is 10.2. The predicted molar refractivity (Wildman–Crippen MR) is 73.1 cm³/mol. The SMILES string of the molecule is COC(=O)Cc1ccc(CNC2CC(=O)N(C)C2=O)s1. The second kappa shape index (κ2) is 6.15. The molecular formula is C13H16N2O4S. The van der Waals surface area contributed by atoms with Crippen LogP contribution < -0.4 is 5.32 Å². The average Bonchev–Trinajstić information content (AvgIpc) is 2.97. The zero-order valence-corrected chi connectivity index (χ0v) is 12.2. The number of likely N-dealkylation sites (N-methyl/N-ethyl adjacent to an activating group) is 1. The molecule has 1 aromatic rings. The largest absolute Gasteiger partial charge is 0.469 e. The van der Waals surface area contributed by atoms with Crippen molar-refractivity contribution in [3.8, 4) is 0 Å². The van der Waals surface area contributed by atoms with E-state index in [0.717, 1.165) is 14.7 Å². The Balaban J connectivity index is 1.87. The summed E-state index contributed by atoms with van der Waals surface area (Å²) in [4.78, 5) is 37.3. The number of nitrogens with zero attached hydrogens (tertiary/aromatic N) is 1. The number of imide groups is 1. The van der Waals surface area contributed by atoms with Crippen LogP contribution in [0.1, 0.15) is 16.2 Å². The van der Waals surface area contributed by atoms with Crippen molar-refractivity contribution in [2.45, 2.75) is 25.4 Å². The van der Waals surface area contributed by atoms with E-state index in [9.17, 15) is 14.4 Å². The summed E-state index contributed by atoms with van der Waals surface area (Å²) in [5.41, 5.74) is 0. The quantitative estimate of drug-likeness (QED) is 0.625. The number of ether oxygens (including phenoxy) is 1. The molecule has 0 spiro atoms. The van der Waals surface area contributed by atoms with Gasteiger partial charge in [-0.15, -0.1) is 11.3 Å². The van der Waals surface area contributed by atoms with Crippen LogP contribution in [0.2, 0.25) is 0 Å². The molecule has 2 amide bonds. The van der Waals surface area contributed by atoms with Gasteiger partial charge in [-0.3, -0.25) is 19.3 Å². The van der Waals surface area contributed by atoms with Gasteiger partial charge in [-0.05, 0) is 12.1 Å². The zero-order valence-electron chi connectivity index (χ0n) is 11.3. The summed E-state index contributed by atoms with van der Waals surface area (Å²) in [5.74, 6) is -0.629. The standard InChI is InChI=1S/C13H16N2O4S/c1-15-11(16)6-10(13(15)18)14-7-9-4-3-8(20-9)5-12(17)19-2/h3-4,10,14H,5-7H2,1-2H3. The molecule has 2 heterocycles. The highest BCUT2D eigenvalue weighted by atomic mass is 32.1. The van der Waals surface area contributed by atoms with Crippen molar-refractivity contribution >= 4 is 29.1 Å². The molecule has 0 aromatic carbocycles. The maximum Gasteiger partial charge on any atom is 0.310 e. The van der Waals surface area contributed by atoms with Crippen LogP contribution in [0.5, 0.6) is 0 Å². The fourth-order valence-corrected chi connectivity index (χ4v) is 2.92. The van der Waals surface area contributed by atoms with E-state index in [-0.39, 0.29) is 30.6 Å². The summed E-state index contributed by atoms with van der Waals surface area (Å²) in [7, 11) is 2.85. The highest BCUT2D eigenvalue weighted by molar-refractivity contribution is 7.12. The second-order valence-corrected chi connectivity index (χ2v) is 5.80. The lowest BCUT2D eigenvalue weighted by Crippen LogP contribution is -2.36. The van der Waals surface area contributed by atoms with E-state index in [2.05, 4.69) is 10.1 Å². The average molecular weight is 296 g/mol. The number of methoxy groups -OCH3 is 1. The van der Waals surface area contributed by atoms with Crippen molar-refractivity contribution in [2.24, 2.45) is 0 Å². The van der Waals surface area contributed by atoms with Crippen LogP contribution in [0.25, 0.3) is 0 Å². The molecule has 1 aromatic heterocycles. The van der Waals surface area contributed by atoms with E-state index in [4.69, 9.17) is 0 Å². The number of hydrogen-bond donors (Lipinski definition) is 1. The molecule has 6 nitrogen and oxygen atoms in total. The number of likely N-dealkylation sites (tertiary alicyclic amines) is 1. The van der Waals surface area contributed by atoms with Gasteiger partial charge in [0.15, 0.2) is 0 Å². The van der Waals surface area contributed by atoms with Gasteiger partial charge in [0.2, 0.25) is 11.8 Å². The van der Waals surface area contributed by atoms with E-state index in [1.165, 1.54) is 25.5 Å². The van der Waals surface area contributed by atoms with Crippen LogP contribution in [0.4, 0.5) is 0 Å². The molecule has 1 fully saturated rings. The molecule has 0 saturated carbocycles. The Bertz CT molecular complexity index is 540. The van der Waals surface area contributed by atoms with Crippen LogP contribution in [0, 0.1) is 0 Å². The molecule has 1 aliphatic rings. The van der Waals surface area contributed by atoms with Crippen LogP contribution in [0.15, 0.2) is 12.1 Å². The Morgan fingerprint density at radius 3 is 2.75 bits per heavy atom. The van der Waals surface area contributed by atoms with Crippen LogP contribution >= 0.6 is 11.3 Å². The molecule has 1 saturated heterocycles. The van der Waals surface area contributed by atoms with Crippen molar-refractivity contribution in [1.29, 1.82) is 0 Å². The fraction of sp³-hybridized carbons (Fsp3) is 0.462. The Morgan fingerprint density at radius 2 is 2.15 bits per heavy atom. The molecule has 0 radical (unpaired) electrons. The van der Waals surface area contributed by atoms with Crippen molar-refractivity contribution in [1.82, 2.24) is 10.2 Å². The molecule has 0 aliphatic carbocycles. The summed E-state index contributed by atoms with van der Waals surface area (Å²) < 4.78 is 4.61. The summed E-state index contributed by atoms with van der Waals surface area (Å²) >= 11 is 1.49. The lowest BCUT2D eigenvalue weighted by Gasteiger charge is -2.09. The number of nitrogens with one attached hydrogen (secondary N) is 1. The molecule has 7 heteroatoms. The number of amides is 2. The van der Waals surface area contributed by atoms with Crippen LogP contribution in [-0.2, 0) is 32.1 Å². The van der Waals surface area contributed by atoms with Crippen LogP contribution in [-0.4, -0.2) is 42.9 Å². The van der Waals surface area contributed by atoms with Gasteiger partial charge in [0.1, 0.15) is 0 Å². The number of carbonyl (C=O) groups is 3. The maximum absolute atomic E-state index is 11.7. The molecule has 0 bridgehead atoms. The van der Waals surface area contributed by atoms with E-state index >= 15 is 0 Å². The first-order valence-electron chi connectivity index (χ1n) is 6.19. The smallest absolute Gasteiger partial charge is 0.310 e. The molecule has 1 aliphatic heterocycles. The Labute approximate surface area is 120 Å². The van der Waals surface area contributed by atoms with Gasteiger partial charge in [0.05, 0.1) is 26.0 Å². The number of thiophene rings is 1. The van der Waals surface area contributed by atoms with Crippen molar-refractivity contribution in [3.05, 3.63) is 21.9 Å². The Morgan fingerprint density at radius 1 is 1.45 bits per heavy atom. The summed E-state index contributed by atoms with van der Waals surface area (Å²) in [6, 6.07) is 3.33. The summed E-state index contributed by atoms with van der Waals surface area (Å²) in [5, 5.41) is 3.07. The van der Waals surface area contributed by atoms with Gasteiger partial charge in [-0.2, -0.15) is 0 Å². The van der Waals surface area contributed by atoms with Crippen molar-refractivity contribution < 1.29 is 19.1 Å². The maximum atomic E-state index is 11.7. The predicted octanol–water partition coefficient (Wildman–Crippen LogP) is 0.310. The van der Waals surface area contributed by atoms with E-state index in [1.54, 1.807) is 0 Å². The third-order valence-corrected chi connectivity index (χ3v) is 4.25. The minimum Gasteiger partial charge on any atom is -0.469 e. The van der Waals surface area contributed by atoms with Gasteiger partial charge in [0.25, 0.3) is 0 Å². The van der Waals surface area contributed by atoms with Gasteiger partial charge < -0.3 is 10.1 Å². The van der Waals surface area contributed by atoms with Gasteiger partial charge in [0, 0.05) is 23.3 Å². The number of esters is 1. The lowest BCUT2D eigenvalue weighted by molar-refractivity contribution is -0.140. The van der Waals surface area contributed by atoms with E-state index < -0.39 is 6.04 Å². The highest BCUT2D eigenvalue weighted by Gasteiger charge is 2.35. The van der Waals surface area contributed by atoms with Crippen molar-refractivity contribution in [3.63, 3.8) is 0 Å². The first-order chi connectivity index (χ1) is 9.51. The molecule has 1 atom stereocenters. The van der Waals surface area contributed by atoms with E-state index in [0.29, 0.717) is 6.54 Å². The minimum atomic E-state index is -0.446. The number of rotatable bonds is 5. The van der Waals surface area contributed by atoms with Gasteiger partial charge in [-0.1, -0.05) is 0 Å². The monoisotopic (exact) mass is 296 g/mol.